The van der Waals surface area contributed by atoms with Crippen molar-refractivity contribution in [1.29, 1.82) is 0 Å². The van der Waals surface area contributed by atoms with Crippen LogP contribution in [-0.4, -0.2) is 58.9 Å². The number of aliphatic hydroxyl groups is 1. The Kier molecular flexibility index (Phi) is 11.5. The molecule has 0 aliphatic carbocycles. The number of nitrogens with two attached hydrogens (primary N) is 2. The van der Waals surface area contributed by atoms with Crippen molar-refractivity contribution in [1.82, 2.24) is 9.80 Å². The minimum absolute atomic E-state index is 0.173. The smallest absolute Gasteiger partial charge is 0.185 e. The van der Waals surface area contributed by atoms with Crippen molar-refractivity contribution in [3.63, 3.8) is 0 Å². The van der Waals surface area contributed by atoms with Crippen molar-refractivity contribution in [3.05, 3.63) is 24.8 Å². The van der Waals surface area contributed by atoms with Crippen LogP contribution < -0.4 is 11.5 Å². The first-order valence-electron chi connectivity index (χ1n) is 12.2. The lowest BCUT2D eigenvalue weighted by molar-refractivity contribution is -0.122. The molecule has 1 fully saturated rings. The molecule has 0 amide bonds. The molecule has 2 unspecified atom stereocenters. The summed E-state index contributed by atoms with van der Waals surface area (Å²) in [4.78, 5) is 8.84. The first-order valence-corrected chi connectivity index (χ1v) is 12.2. The summed E-state index contributed by atoms with van der Waals surface area (Å²) >= 11 is 0. The molecule has 2 aliphatic rings. The summed E-state index contributed by atoms with van der Waals surface area (Å²) in [7, 11) is 0. The lowest BCUT2D eigenvalue weighted by Crippen LogP contribution is -2.58. The first-order chi connectivity index (χ1) is 14.6. The van der Waals surface area contributed by atoms with E-state index < -0.39 is 5.72 Å². The second-order valence-electron chi connectivity index (χ2n) is 8.90. The van der Waals surface area contributed by atoms with Crippen molar-refractivity contribution in [2.24, 2.45) is 16.5 Å². The predicted molar refractivity (Wildman–Crippen MR) is 127 cm³/mol. The molecular weight excluding hydrogens is 374 g/mol. The van der Waals surface area contributed by atoms with E-state index in [0.29, 0.717) is 6.54 Å². The third-order valence-electron chi connectivity index (χ3n) is 6.42. The van der Waals surface area contributed by atoms with E-state index in [9.17, 15) is 5.11 Å². The van der Waals surface area contributed by atoms with Crippen LogP contribution in [0.5, 0.6) is 0 Å². The highest BCUT2D eigenvalue weighted by molar-refractivity contribution is 5.75. The molecule has 2 atom stereocenters. The van der Waals surface area contributed by atoms with E-state index in [1.165, 1.54) is 44.9 Å². The Morgan fingerprint density at radius 3 is 2.43 bits per heavy atom. The molecule has 0 aromatic carbocycles. The molecule has 6 nitrogen and oxygen atoms in total. The summed E-state index contributed by atoms with van der Waals surface area (Å²) in [5.41, 5.74) is 10.0. The van der Waals surface area contributed by atoms with Gasteiger partial charge < -0.3 is 16.6 Å². The van der Waals surface area contributed by atoms with E-state index in [1.807, 2.05) is 6.08 Å². The van der Waals surface area contributed by atoms with Crippen LogP contribution in [0.1, 0.15) is 83.5 Å². The van der Waals surface area contributed by atoms with Crippen LogP contribution in [-0.2, 0) is 0 Å². The van der Waals surface area contributed by atoms with Crippen LogP contribution >= 0.6 is 0 Å². The molecular formula is C24H45N5O. The van der Waals surface area contributed by atoms with Gasteiger partial charge in [-0.05, 0) is 57.6 Å². The molecule has 5 N–H and O–H groups in total. The zero-order valence-electron chi connectivity index (χ0n) is 19.0. The largest absolute Gasteiger partial charge is 0.372 e. The van der Waals surface area contributed by atoms with Crippen LogP contribution in [0, 0.1) is 0 Å². The predicted octanol–water partition coefficient (Wildman–Crippen LogP) is 3.72. The van der Waals surface area contributed by atoms with Crippen LogP contribution in [0.4, 0.5) is 0 Å². The number of hydrogen-bond donors (Lipinski definition) is 3. The Morgan fingerprint density at radius 2 is 1.73 bits per heavy atom. The summed E-state index contributed by atoms with van der Waals surface area (Å²) in [6.07, 6.45) is 21.9. The molecule has 6 heteroatoms. The number of allylic oxidation sites excluding steroid dienone is 1. The van der Waals surface area contributed by atoms with Crippen molar-refractivity contribution in [3.8, 4) is 0 Å². The molecule has 0 bridgehead atoms. The summed E-state index contributed by atoms with van der Waals surface area (Å²) in [5.74, 6) is 0.173. The van der Waals surface area contributed by atoms with Gasteiger partial charge in [-0.25, -0.2) is 0 Å². The lowest BCUT2D eigenvalue weighted by atomic mass is 10.0. The third kappa shape index (κ3) is 8.40. The molecule has 0 saturated carbocycles. The SMILES string of the molecule is C=CCCCCCCCCCCC1(O)C=CC2N(CCCCN=C(N)N)CCCN21. The summed E-state index contributed by atoms with van der Waals surface area (Å²) in [5, 5.41) is 11.3. The fourth-order valence-corrected chi connectivity index (χ4v) is 4.73. The van der Waals surface area contributed by atoms with Gasteiger partial charge >= 0.3 is 0 Å². The van der Waals surface area contributed by atoms with E-state index in [2.05, 4.69) is 33.5 Å². The molecule has 0 spiro atoms. The molecule has 172 valence electrons. The molecule has 30 heavy (non-hydrogen) atoms. The number of aliphatic imine (C=N–C) groups is 1. The first kappa shape index (κ1) is 24.9. The maximum absolute atomic E-state index is 11.3. The van der Waals surface area contributed by atoms with Gasteiger partial charge in [0.1, 0.15) is 5.72 Å². The highest BCUT2D eigenvalue weighted by Gasteiger charge is 2.43. The number of fused-ring (bicyclic) bond motifs is 1. The molecule has 0 radical (unpaired) electrons. The number of rotatable bonds is 16. The fraction of sp³-hybridized carbons (Fsp3) is 0.792. The van der Waals surface area contributed by atoms with Gasteiger partial charge in [-0.15, -0.1) is 6.58 Å². The zero-order valence-corrected chi connectivity index (χ0v) is 19.0. The van der Waals surface area contributed by atoms with Gasteiger partial charge in [-0.1, -0.05) is 50.7 Å². The monoisotopic (exact) mass is 419 g/mol. The molecule has 2 aliphatic heterocycles. The Balaban J connectivity index is 1.62. The Labute approximate surface area is 184 Å². The van der Waals surface area contributed by atoms with Gasteiger partial charge in [0.05, 0.1) is 6.17 Å². The standard InChI is InChI=1S/C24H45N5O/c1-2-3-4-5-6-7-8-9-10-11-16-24(30)17-15-22-28(20-14-21-29(22)24)19-13-12-18-27-23(25)26/h2,15,17,22,30H,1,3-14,16,18-21H2,(H4,25,26,27). The summed E-state index contributed by atoms with van der Waals surface area (Å²) in [6.45, 7) is 7.56. The average molecular weight is 420 g/mol. The normalized spacial score (nSPS) is 24.1. The van der Waals surface area contributed by atoms with E-state index in [-0.39, 0.29) is 12.1 Å². The number of unbranched alkanes of at least 4 members (excludes halogenated alkanes) is 9. The number of nitrogens with zero attached hydrogens (tertiary/aromatic N) is 3. The highest BCUT2D eigenvalue weighted by atomic mass is 16.3. The Bertz CT molecular complexity index is 546. The van der Waals surface area contributed by atoms with Gasteiger partial charge in [0.2, 0.25) is 0 Å². The Hall–Kier alpha value is -1.37. The highest BCUT2D eigenvalue weighted by Crippen LogP contribution is 2.34. The minimum atomic E-state index is -0.758. The van der Waals surface area contributed by atoms with Crippen LogP contribution in [0.3, 0.4) is 0 Å². The van der Waals surface area contributed by atoms with Gasteiger partial charge in [0, 0.05) is 19.6 Å². The lowest BCUT2D eigenvalue weighted by Gasteiger charge is -2.45. The van der Waals surface area contributed by atoms with Crippen molar-refractivity contribution < 1.29 is 5.11 Å². The van der Waals surface area contributed by atoms with Gasteiger partial charge in [-0.2, -0.15) is 0 Å². The summed E-state index contributed by atoms with van der Waals surface area (Å²) in [6, 6.07) is 0. The van der Waals surface area contributed by atoms with E-state index >= 15 is 0 Å². The van der Waals surface area contributed by atoms with Crippen LogP contribution in [0.15, 0.2) is 29.8 Å². The van der Waals surface area contributed by atoms with Crippen molar-refractivity contribution in [2.45, 2.75) is 95.4 Å². The zero-order chi connectivity index (χ0) is 21.7. The second-order valence-corrected chi connectivity index (χ2v) is 8.90. The minimum Gasteiger partial charge on any atom is -0.372 e. The average Bonchev–Trinajstić information content (AvgIpc) is 3.07. The van der Waals surface area contributed by atoms with Crippen molar-refractivity contribution >= 4 is 5.96 Å². The number of guanidine groups is 1. The van der Waals surface area contributed by atoms with Gasteiger partial charge in [-0.3, -0.25) is 14.8 Å². The topological polar surface area (TPSA) is 91.1 Å². The second kappa shape index (κ2) is 13.8. The Morgan fingerprint density at radius 1 is 1.03 bits per heavy atom. The molecule has 2 rings (SSSR count). The van der Waals surface area contributed by atoms with Crippen molar-refractivity contribution in [2.75, 3.05) is 26.2 Å². The van der Waals surface area contributed by atoms with E-state index in [4.69, 9.17) is 11.5 Å². The molecule has 0 aromatic rings. The van der Waals surface area contributed by atoms with E-state index in [1.54, 1.807) is 0 Å². The van der Waals surface area contributed by atoms with Crippen LogP contribution in [0.2, 0.25) is 0 Å². The number of hydrogen-bond acceptors (Lipinski definition) is 4. The molecule has 0 aromatic heterocycles. The third-order valence-corrected chi connectivity index (χ3v) is 6.42. The fourth-order valence-electron chi connectivity index (χ4n) is 4.73. The quantitative estimate of drug-likeness (QED) is 0.153. The maximum Gasteiger partial charge on any atom is 0.185 e. The van der Waals surface area contributed by atoms with Gasteiger partial charge in [0.15, 0.2) is 5.96 Å². The van der Waals surface area contributed by atoms with E-state index in [0.717, 1.165) is 58.2 Å². The summed E-state index contributed by atoms with van der Waals surface area (Å²) < 4.78 is 0. The maximum atomic E-state index is 11.3. The molecule has 2 heterocycles. The van der Waals surface area contributed by atoms with Crippen LogP contribution in [0.25, 0.3) is 0 Å². The molecule has 1 saturated heterocycles. The van der Waals surface area contributed by atoms with Gasteiger partial charge in [0.25, 0.3) is 0 Å².